The fraction of sp³-hybridized carbons (Fsp3) is 0.143. The number of halogens is 1. The maximum atomic E-state index is 12.0. The molecule has 0 fully saturated rings. The van der Waals surface area contributed by atoms with Crippen LogP contribution >= 0.6 is 15.9 Å². The zero-order chi connectivity index (χ0) is 14.5. The van der Waals surface area contributed by atoms with Crippen molar-refractivity contribution in [1.29, 1.82) is 0 Å². The SMILES string of the molecule is COc1ccccc1NC(=O)Nc1ncc(Br)cc1C. The van der Waals surface area contributed by atoms with E-state index < -0.39 is 0 Å². The normalized spacial score (nSPS) is 9.95. The molecule has 5 nitrogen and oxygen atoms in total. The third-order valence-corrected chi connectivity index (χ3v) is 3.07. The number of methoxy groups -OCH3 is 1. The maximum absolute atomic E-state index is 12.0. The summed E-state index contributed by atoms with van der Waals surface area (Å²) in [7, 11) is 1.55. The van der Waals surface area contributed by atoms with E-state index >= 15 is 0 Å². The molecule has 2 amide bonds. The molecule has 2 N–H and O–H groups in total. The van der Waals surface area contributed by atoms with Gasteiger partial charge in [0.15, 0.2) is 0 Å². The lowest BCUT2D eigenvalue weighted by atomic mass is 10.3. The molecule has 0 aliphatic heterocycles. The van der Waals surface area contributed by atoms with Crippen molar-refractivity contribution in [3.63, 3.8) is 0 Å². The van der Waals surface area contributed by atoms with Gasteiger partial charge in [0.05, 0.1) is 12.8 Å². The molecule has 2 aromatic rings. The summed E-state index contributed by atoms with van der Waals surface area (Å²) in [6.45, 7) is 1.87. The van der Waals surface area contributed by atoms with Gasteiger partial charge in [-0.2, -0.15) is 0 Å². The molecule has 20 heavy (non-hydrogen) atoms. The number of nitrogens with one attached hydrogen (secondary N) is 2. The van der Waals surface area contributed by atoms with E-state index in [4.69, 9.17) is 4.74 Å². The summed E-state index contributed by atoms with van der Waals surface area (Å²) in [5, 5.41) is 5.42. The molecule has 0 bridgehead atoms. The highest BCUT2D eigenvalue weighted by molar-refractivity contribution is 9.10. The number of carbonyl (C=O) groups is 1. The minimum Gasteiger partial charge on any atom is -0.495 e. The number of amides is 2. The quantitative estimate of drug-likeness (QED) is 0.896. The number of ether oxygens (including phenoxy) is 1. The van der Waals surface area contributed by atoms with Crippen LogP contribution in [0.3, 0.4) is 0 Å². The fourth-order valence-electron chi connectivity index (χ4n) is 1.68. The van der Waals surface area contributed by atoms with Crippen LogP contribution in [0.15, 0.2) is 41.0 Å². The minimum absolute atomic E-state index is 0.368. The van der Waals surface area contributed by atoms with Crippen molar-refractivity contribution in [2.45, 2.75) is 6.92 Å². The predicted molar refractivity (Wildman–Crippen MR) is 82.3 cm³/mol. The molecule has 0 unspecified atom stereocenters. The van der Waals surface area contributed by atoms with Gasteiger partial charge in [0, 0.05) is 10.7 Å². The topological polar surface area (TPSA) is 63.2 Å². The van der Waals surface area contributed by atoms with Crippen LogP contribution in [0.1, 0.15) is 5.56 Å². The molecule has 0 aliphatic carbocycles. The first-order valence-electron chi connectivity index (χ1n) is 5.93. The summed E-state index contributed by atoms with van der Waals surface area (Å²) in [5.41, 5.74) is 1.47. The molecule has 0 atom stereocenters. The van der Waals surface area contributed by atoms with Crippen molar-refractivity contribution in [2.75, 3.05) is 17.7 Å². The van der Waals surface area contributed by atoms with E-state index in [1.807, 2.05) is 25.1 Å². The van der Waals surface area contributed by atoms with E-state index in [1.165, 1.54) is 0 Å². The first-order chi connectivity index (χ1) is 9.60. The van der Waals surface area contributed by atoms with Crippen LogP contribution in [0.4, 0.5) is 16.3 Å². The molecular formula is C14H14BrN3O2. The van der Waals surface area contributed by atoms with Crippen molar-refractivity contribution in [2.24, 2.45) is 0 Å². The standard InChI is InChI=1S/C14H14BrN3O2/c1-9-7-10(15)8-16-13(9)18-14(19)17-11-5-3-4-6-12(11)20-2/h3-8H,1-2H3,(H2,16,17,18,19). The van der Waals surface area contributed by atoms with E-state index in [-0.39, 0.29) is 6.03 Å². The van der Waals surface area contributed by atoms with Gasteiger partial charge < -0.3 is 10.1 Å². The average molecular weight is 336 g/mol. The van der Waals surface area contributed by atoms with E-state index in [0.717, 1.165) is 10.0 Å². The Balaban J connectivity index is 2.09. The number of rotatable bonds is 3. The second kappa shape index (κ2) is 6.38. The highest BCUT2D eigenvalue weighted by atomic mass is 79.9. The number of pyridine rings is 1. The summed E-state index contributed by atoms with van der Waals surface area (Å²) >= 11 is 3.33. The van der Waals surface area contributed by atoms with Gasteiger partial charge in [0.2, 0.25) is 0 Å². The second-order valence-corrected chi connectivity index (χ2v) is 5.01. The lowest BCUT2D eigenvalue weighted by molar-refractivity contribution is 0.262. The first kappa shape index (κ1) is 14.3. The predicted octanol–water partition coefficient (Wildman–Crippen LogP) is 3.81. The number of hydrogen-bond acceptors (Lipinski definition) is 3. The maximum Gasteiger partial charge on any atom is 0.324 e. The Bertz CT molecular complexity index is 632. The number of aromatic nitrogens is 1. The largest absolute Gasteiger partial charge is 0.495 e. The van der Waals surface area contributed by atoms with Gasteiger partial charge in [-0.25, -0.2) is 9.78 Å². The van der Waals surface area contributed by atoms with Crippen LogP contribution in [0.25, 0.3) is 0 Å². The molecule has 2 rings (SSSR count). The fourth-order valence-corrected chi connectivity index (χ4v) is 2.13. The smallest absolute Gasteiger partial charge is 0.324 e. The van der Waals surface area contributed by atoms with Crippen LogP contribution in [0.2, 0.25) is 0 Å². The van der Waals surface area contributed by atoms with Crippen molar-refractivity contribution < 1.29 is 9.53 Å². The Hall–Kier alpha value is -2.08. The Labute approximate surface area is 125 Å². The van der Waals surface area contributed by atoms with E-state index in [0.29, 0.717) is 17.3 Å². The van der Waals surface area contributed by atoms with Gasteiger partial charge in [0.25, 0.3) is 0 Å². The molecule has 1 aromatic heterocycles. The van der Waals surface area contributed by atoms with Crippen LogP contribution < -0.4 is 15.4 Å². The number of aryl methyl sites for hydroxylation is 1. The van der Waals surface area contributed by atoms with Crippen molar-refractivity contribution in [3.05, 3.63) is 46.6 Å². The zero-order valence-electron chi connectivity index (χ0n) is 11.1. The van der Waals surface area contributed by atoms with Gasteiger partial charge in [-0.3, -0.25) is 5.32 Å². The number of urea groups is 1. The number of para-hydroxylation sites is 2. The van der Waals surface area contributed by atoms with Crippen LogP contribution in [0, 0.1) is 6.92 Å². The molecule has 0 spiro atoms. The highest BCUT2D eigenvalue weighted by Crippen LogP contribution is 2.23. The monoisotopic (exact) mass is 335 g/mol. The van der Waals surface area contributed by atoms with Gasteiger partial charge >= 0.3 is 6.03 Å². The molecule has 104 valence electrons. The summed E-state index contributed by atoms with van der Waals surface area (Å²) in [6, 6.07) is 8.71. The van der Waals surface area contributed by atoms with E-state index in [2.05, 4.69) is 31.5 Å². The Kier molecular flexibility index (Phi) is 4.57. The van der Waals surface area contributed by atoms with Crippen LogP contribution in [-0.4, -0.2) is 18.1 Å². The summed E-state index contributed by atoms with van der Waals surface area (Å²) in [5.74, 6) is 1.11. The van der Waals surface area contributed by atoms with E-state index in [1.54, 1.807) is 25.4 Å². The highest BCUT2D eigenvalue weighted by Gasteiger charge is 2.09. The minimum atomic E-state index is -0.368. The van der Waals surface area contributed by atoms with Crippen molar-refractivity contribution >= 4 is 33.5 Å². The number of hydrogen-bond donors (Lipinski definition) is 2. The molecular weight excluding hydrogens is 322 g/mol. The van der Waals surface area contributed by atoms with Gasteiger partial charge in [-0.1, -0.05) is 12.1 Å². The van der Waals surface area contributed by atoms with Gasteiger partial charge in [0.1, 0.15) is 11.6 Å². The Morgan fingerprint density at radius 2 is 2.05 bits per heavy atom. The second-order valence-electron chi connectivity index (χ2n) is 4.10. The van der Waals surface area contributed by atoms with Crippen LogP contribution in [0.5, 0.6) is 5.75 Å². The number of anilines is 2. The summed E-state index contributed by atoms with van der Waals surface area (Å²) in [6.07, 6.45) is 1.63. The van der Waals surface area contributed by atoms with Crippen molar-refractivity contribution in [1.82, 2.24) is 4.98 Å². The number of carbonyl (C=O) groups excluding carboxylic acids is 1. The lowest BCUT2D eigenvalue weighted by Crippen LogP contribution is -2.21. The number of nitrogens with zero attached hydrogens (tertiary/aromatic N) is 1. The summed E-state index contributed by atoms with van der Waals surface area (Å²) in [4.78, 5) is 16.1. The van der Waals surface area contributed by atoms with E-state index in [9.17, 15) is 4.79 Å². The van der Waals surface area contributed by atoms with Gasteiger partial charge in [-0.05, 0) is 46.6 Å². The van der Waals surface area contributed by atoms with Crippen LogP contribution in [-0.2, 0) is 0 Å². The van der Waals surface area contributed by atoms with Gasteiger partial charge in [-0.15, -0.1) is 0 Å². The third kappa shape index (κ3) is 3.48. The molecule has 1 aromatic carbocycles. The average Bonchev–Trinajstić information content (AvgIpc) is 2.42. The molecule has 6 heteroatoms. The summed E-state index contributed by atoms with van der Waals surface area (Å²) < 4.78 is 6.04. The van der Waals surface area contributed by atoms with Crippen molar-refractivity contribution in [3.8, 4) is 5.75 Å². The zero-order valence-corrected chi connectivity index (χ0v) is 12.7. The molecule has 1 heterocycles. The third-order valence-electron chi connectivity index (χ3n) is 2.63. The molecule has 0 radical (unpaired) electrons. The Morgan fingerprint density at radius 1 is 1.30 bits per heavy atom. The molecule has 0 saturated heterocycles. The number of benzene rings is 1. The lowest BCUT2D eigenvalue weighted by Gasteiger charge is -2.11. The Morgan fingerprint density at radius 3 is 2.75 bits per heavy atom. The molecule has 0 saturated carbocycles. The first-order valence-corrected chi connectivity index (χ1v) is 6.72. The molecule has 0 aliphatic rings.